The smallest absolute Gasteiger partial charge is 0.222 e. The van der Waals surface area contributed by atoms with Gasteiger partial charge in [0.1, 0.15) is 11.0 Å². The van der Waals surface area contributed by atoms with Gasteiger partial charge in [0.25, 0.3) is 0 Å². The Kier molecular flexibility index (Phi) is 3.51. The topological polar surface area (TPSA) is 51.8 Å². The average molecular weight is 337 g/mol. The Morgan fingerprint density at radius 2 is 1.94 bits per heavy atom. The van der Waals surface area contributed by atoms with E-state index >= 15 is 0 Å². The summed E-state index contributed by atoms with van der Waals surface area (Å²) < 4.78 is 13.5. The number of hydrogen-bond donors (Lipinski definition) is 1. The molecule has 0 aliphatic rings. The van der Waals surface area contributed by atoms with Crippen LogP contribution in [0.1, 0.15) is 0 Å². The van der Waals surface area contributed by atoms with Crippen LogP contribution in [0, 0.1) is 5.82 Å². The maximum Gasteiger partial charge on any atom is 0.222 e. The third kappa shape index (κ3) is 2.51. The highest BCUT2D eigenvalue weighted by Crippen LogP contribution is 2.33. The Labute approximate surface area is 115 Å². The van der Waals surface area contributed by atoms with E-state index in [9.17, 15) is 4.39 Å². The molecular weight excluding hydrogens is 332 g/mol. The van der Waals surface area contributed by atoms with Crippen molar-refractivity contribution in [2.45, 2.75) is 0 Å². The Morgan fingerprint density at radius 1 is 1.24 bits per heavy atom. The van der Waals surface area contributed by atoms with E-state index in [1.165, 1.54) is 18.2 Å². The van der Waals surface area contributed by atoms with E-state index in [-0.39, 0.29) is 16.1 Å². The van der Waals surface area contributed by atoms with Crippen LogP contribution in [0.2, 0.25) is 10.2 Å². The van der Waals surface area contributed by atoms with E-state index in [2.05, 4.69) is 25.9 Å². The number of hydrogen-bond acceptors (Lipinski definition) is 3. The molecule has 0 saturated heterocycles. The third-order valence-electron chi connectivity index (χ3n) is 2.02. The molecule has 0 atom stereocenters. The second-order valence-electron chi connectivity index (χ2n) is 3.16. The molecule has 0 aliphatic heterocycles. The van der Waals surface area contributed by atoms with Crippen LogP contribution < -0.4 is 5.73 Å². The highest BCUT2D eigenvalue weighted by atomic mass is 79.9. The van der Waals surface area contributed by atoms with Crippen molar-refractivity contribution in [1.29, 1.82) is 0 Å². The van der Waals surface area contributed by atoms with Crippen LogP contribution >= 0.6 is 39.1 Å². The van der Waals surface area contributed by atoms with Crippen LogP contribution in [0.5, 0.6) is 0 Å². The molecule has 1 aromatic heterocycles. The number of anilines is 1. The first-order valence-corrected chi connectivity index (χ1v) is 5.98. The summed E-state index contributed by atoms with van der Waals surface area (Å²) in [7, 11) is 0. The first kappa shape index (κ1) is 12.5. The van der Waals surface area contributed by atoms with E-state index < -0.39 is 5.82 Å². The SMILES string of the molecule is Nc1nc(Cl)c(Br)c(-c2ccc(F)c(Cl)c2)n1. The van der Waals surface area contributed by atoms with Crippen molar-refractivity contribution in [3.63, 3.8) is 0 Å². The number of nitrogens with zero attached hydrogens (tertiary/aromatic N) is 2. The van der Waals surface area contributed by atoms with Crippen molar-refractivity contribution in [1.82, 2.24) is 9.97 Å². The van der Waals surface area contributed by atoms with Crippen molar-refractivity contribution in [3.8, 4) is 11.3 Å². The molecule has 0 aliphatic carbocycles. The van der Waals surface area contributed by atoms with Crippen molar-refractivity contribution >= 4 is 45.1 Å². The van der Waals surface area contributed by atoms with E-state index in [0.29, 0.717) is 15.7 Å². The predicted molar refractivity (Wildman–Crippen MR) is 69.6 cm³/mol. The monoisotopic (exact) mass is 335 g/mol. The van der Waals surface area contributed by atoms with E-state index in [1.807, 2.05) is 0 Å². The van der Waals surface area contributed by atoms with Gasteiger partial charge in [-0.2, -0.15) is 0 Å². The average Bonchev–Trinajstić information content (AvgIpc) is 2.27. The number of benzene rings is 1. The number of aromatic nitrogens is 2. The van der Waals surface area contributed by atoms with Crippen molar-refractivity contribution in [3.05, 3.63) is 38.7 Å². The fourth-order valence-electron chi connectivity index (χ4n) is 1.27. The maximum atomic E-state index is 13.0. The van der Waals surface area contributed by atoms with Crippen LogP contribution in [0.3, 0.4) is 0 Å². The first-order chi connectivity index (χ1) is 7.99. The summed E-state index contributed by atoms with van der Waals surface area (Å²) in [5, 5.41) is 0.190. The molecule has 88 valence electrons. The lowest BCUT2D eigenvalue weighted by Gasteiger charge is -2.06. The molecule has 0 radical (unpaired) electrons. The zero-order chi connectivity index (χ0) is 12.6. The van der Waals surface area contributed by atoms with Gasteiger partial charge in [-0.05, 0) is 34.1 Å². The Balaban J connectivity index is 2.64. The normalized spacial score (nSPS) is 10.6. The van der Waals surface area contributed by atoms with E-state index in [4.69, 9.17) is 28.9 Å². The van der Waals surface area contributed by atoms with Crippen molar-refractivity contribution in [2.75, 3.05) is 5.73 Å². The molecule has 1 heterocycles. The highest BCUT2D eigenvalue weighted by molar-refractivity contribution is 9.10. The molecule has 0 fully saturated rings. The summed E-state index contributed by atoms with van der Waals surface area (Å²) in [6, 6.07) is 4.22. The minimum Gasteiger partial charge on any atom is -0.368 e. The van der Waals surface area contributed by atoms with Crippen LogP contribution in [0.25, 0.3) is 11.3 Å². The quantitative estimate of drug-likeness (QED) is 0.802. The maximum absolute atomic E-state index is 13.0. The number of rotatable bonds is 1. The standard InChI is InChI=1S/C10H5BrCl2FN3/c11-7-8(16-10(15)17-9(7)13)4-1-2-6(14)5(12)3-4/h1-3H,(H2,15,16,17). The molecule has 0 saturated carbocycles. The molecule has 0 bridgehead atoms. The van der Waals surface area contributed by atoms with Gasteiger partial charge < -0.3 is 5.73 Å². The van der Waals surface area contributed by atoms with Gasteiger partial charge >= 0.3 is 0 Å². The largest absolute Gasteiger partial charge is 0.368 e. The first-order valence-electron chi connectivity index (χ1n) is 4.43. The van der Waals surface area contributed by atoms with Crippen LogP contribution in [-0.2, 0) is 0 Å². The molecule has 1 aromatic carbocycles. The zero-order valence-electron chi connectivity index (χ0n) is 8.22. The van der Waals surface area contributed by atoms with Gasteiger partial charge in [0.15, 0.2) is 0 Å². The highest BCUT2D eigenvalue weighted by Gasteiger charge is 2.12. The van der Waals surface area contributed by atoms with Crippen molar-refractivity contribution in [2.24, 2.45) is 0 Å². The Morgan fingerprint density at radius 3 is 2.59 bits per heavy atom. The number of nitrogens with two attached hydrogens (primary N) is 1. The van der Waals surface area contributed by atoms with Gasteiger partial charge in [0.2, 0.25) is 5.95 Å². The summed E-state index contributed by atoms with van der Waals surface area (Å²) >= 11 is 14.8. The molecule has 2 rings (SSSR count). The van der Waals surface area contributed by atoms with Gasteiger partial charge in [-0.1, -0.05) is 23.2 Å². The zero-order valence-corrected chi connectivity index (χ0v) is 11.3. The van der Waals surface area contributed by atoms with Gasteiger partial charge in [-0.15, -0.1) is 0 Å². The van der Waals surface area contributed by atoms with Gasteiger partial charge in [-0.25, -0.2) is 14.4 Å². The van der Waals surface area contributed by atoms with E-state index in [1.54, 1.807) is 0 Å². The second kappa shape index (κ2) is 4.76. The fraction of sp³-hybridized carbons (Fsp3) is 0. The molecular formula is C10H5BrCl2FN3. The molecule has 3 nitrogen and oxygen atoms in total. The van der Waals surface area contributed by atoms with Crippen molar-refractivity contribution < 1.29 is 4.39 Å². The Hall–Kier alpha value is -0.910. The third-order valence-corrected chi connectivity index (χ3v) is 3.56. The Bertz CT molecular complexity index is 592. The molecule has 0 unspecified atom stereocenters. The van der Waals surface area contributed by atoms with Crippen LogP contribution in [0.4, 0.5) is 10.3 Å². The van der Waals surface area contributed by atoms with E-state index in [0.717, 1.165) is 0 Å². The number of halogens is 4. The fourth-order valence-corrected chi connectivity index (χ4v) is 2.03. The van der Waals surface area contributed by atoms with Gasteiger partial charge in [-0.3, -0.25) is 0 Å². The molecule has 0 amide bonds. The summed E-state index contributed by atoms with van der Waals surface area (Å²) in [5.41, 5.74) is 6.56. The minimum absolute atomic E-state index is 0.00251. The lowest BCUT2D eigenvalue weighted by molar-refractivity contribution is 0.628. The molecule has 2 aromatic rings. The molecule has 2 N–H and O–H groups in total. The van der Waals surface area contributed by atoms with Gasteiger partial charge in [0.05, 0.1) is 15.2 Å². The summed E-state index contributed by atoms with van der Waals surface area (Å²) in [4.78, 5) is 7.81. The molecule has 0 spiro atoms. The summed E-state index contributed by atoms with van der Waals surface area (Å²) in [5.74, 6) is -0.465. The number of nitrogen functional groups attached to an aromatic ring is 1. The molecule has 17 heavy (non-hydrogen) atoms. The van der Waals surface area contributed by atoms with Gasteiger partial charge in [0, 0.05) is 5.56 Å². The second-order valence-corrected chi connectivity index (χ2v) is 4.72. The van der Waals surface area contributed by atoms with Crippen LogP contribution in [0.15, 0.2) is 22.7 Å². The minimum atomic E-state index is -0.500. The molecule has 7 heteroatoms. The van der Waals surface area contributed by atoms with Crippen LogP contribution in [-0.4, -0.2) is 9.97 Å². The summed E-state index contributed by atoms with van der Waals surface area (Å²) in [6.45, 7) is 0. The summed E-state index contributed by atoms with van der Waals surface area (Å²) in [6.07, 6.45) is 0. The lowest BCUT2D eigenvalue weighted by Crippen LogP contribution is -1.98. The predicted octanol–water partition coefficient (Wildman–Crippen LogP) is 3.93. The lowest BCUT2D eigenvalue weighted by atomic mass is 10.1.